The Morgan fingerprint density at radius 1 is 1.15 bits per heavy atom. The van der Waals surface area contributed by atoms with E-state index in [1.165, 1.54) is 12.8 Å². The topological polar surface area (TPSA) is 94.1 Å². The molecule has 1 amide bonds. The van der Waals surface area contributed by atoms with Crippen molar-refractivity contribution >= 4 is 23.1 Å². The number of anilines is 1. The van der Waals surface area contributed by atoms with Crippen molar-refractivity contribution in [3.05, 3.63) is 59.6 Å². The van der Waals surface area contributed by atoms with Gasteiger partial charge in [-0.2, -0.15) is 10.1 Å². The number of imidazole rings is 1. The third kappa shape index (κ3) is 2.84. The number of carbonyl (C=O) groups excluding carboxylic acids is 1. The Hall–Kier alpha value is -3.88. The lowest BCUT2D eigenvalue weighted by Crippen LogP contribution is -2.27. The van der Waals surface area contributed by atoms with Crippen molar-refractivity contribution in [2.24, 2.45) is 0 Å². The smallest absolute Gasteiger partial charge is 0.236 e. The summed E-state index contributed by atoms with van der Waals surface area (Å²) >= 11 is 0. The molecule has 2 aliphatic carbocycles. The van der Waals surface area contributed by atoms with Crippen LogP contribution in [0.4, 0.5) is 5.82 Å². The first-order valence-corrected chi connectivity index (χ1v) is 11.4. The molecule has 4 aromatic rings. The van der Waals surface area contributed by atoms with Gasteiger partial charge in [0.05, 0.1) is 23.3 Å². The highest BCUT2D eigenvalue weighted by Gasteiger charge is 2.33. The van der Waals surface area contributed by atoms with Crippen LogP contribution >= 0.6 is 0 Å². The van der Waals surface area contributed by atoms with Crippen LogP contribution in [0.5, 0.6) is 0 Å². The number of carbonyl (C=O) groups is 1. The number of nitrogens with zero attached hydrogens (tertiary/aromatic N) is 8. The highest BCUT2D eigenvalue weighted by Crippen LogP contribution is 2.45. The normalized spacial score (nSPS) is 17.8. The van der Waals surface area contributed by atoms with Gasteiger partial charge in [-0.1, -0.05) is 6.08 Å². The quantitative estimate of drug-likeness (QED) is 0.454. The third-order valence-electron chi connectivity index (χ3n) is 6.74. The summed E-state index contributed by atoms with van der Waals surface area (Å²) in [5.41, 5.74) is 6.68. The fourth-order valence-corrected chi connectivity index (χ4v) is 4.87. The minimum absolute atomic E-state index is 0.00113. The van der Waals surface area contributed by atoms with E-state index in [0.29, 0.717) is 42.6 Å². The average Bonchev–Trinajstić information content (AvgIpc) is 3.28. The number of allylic oxidation sites excluding steroid dienone is 1. The van der Waals surface area contributed by atoms with Gasteiger partial charge in [-0.25, -0.2) is 9.97 Å². The van der Waals surface area contributed by atoms with Crippen molar-refractivity contribution in [2.75, 3.05) is 11.9 Å². The van der Waals surface area contributed by atoms with Crippen molar-refractivity contribution in [3.8, 4) is 11.4 Å². The van der Waals surface area contributed by atoms with Crippen LogP contribution in [0.15, 0.2) is 36.9 Å². The molecule has 0 unspecified atom stereocenters. The van der Waals surface area contributed by atoms with Crippen LogP contribution in [0.3, 0.4) is 0 Å². The van der Waals surface area contributed by atoms with E-state index in [2.05, 4.69) is 22.2 Å². The Balaban J connectivity index is 1.48. The lowest BCUT2D eigenvalue weighted by molar-refractivity contribution is -0.118. The Kier molecular flexibility index (Phi) is 3.85. The molecule has 1 aliphatic heterocycles. The van der Waals surface area contributed by atoms with Crippen LogP contribution in [-0.4, -0.2) is 47.1 Å². The monoisotopic (exact) mass is 438 g/mol. The van der Waals surface area contributed by atoms with E-state index in [1.54, 1.807) is 24.3 Å². The Morgan fingerprint density at radius 3 is 2.94 bits per heavy atom. The van der Waals surface area contributed by atoms with Gasteiger partial charge in [-0.3, -0.25) is 23.8 Å². The van der Waals surface area contributed by atoms with Gasteiger partial charge < -0.3 is 0 Å². The van der Waals surface area contributed by atoms with Crippen LogP contribution in [0.2, 0.25) is 0 Å². The maximum Gasteiger partial charge on any atom is 0.236 e. The molecule has 1 saturated carbocycles. The van der Waals surface area contributed by atoms with Crippen molar-refractivity contribution in [2.45, 2.75) is 44.6 Å². The molecule has 4 bridgehead atoms. The summed E-state index contributed by atoms with van der Waals surface area (Å²) in [6.45, 7) is 0.699. The largest absolute Gasteiger partial charge is 0.298 e. The zero-order valence-electron chi connectivity index (χ0n) is 18.3. The number of hydrogen-bond acceptors (Lipinski definition) is 6. The number of hydrogen-bond donors (Lipinski definition) is 0. The lowest BCUT2D eigenvalue weighted by atomic mass is 10.0. The summed E-state index contributed by atoms with van der Waals surface area (Å²) in [5, 5.41) is 4.92. The number of aromatic nitrogens is 7. The third-order valence-corrected chi connectivity index (χ3v) is 6.74. The van der Waals surface area contributed by atoms with Gasteiger partial charge in [0.2, 0.25) is 11.7 Å². The second-order valence-electron chi connectivity index (χ2n) is 8.97. The van der Waals surface area contributed by atoms with Gasteiger partial charge in [-0.05, 0) is 25.3 Å². The van der Waals surface area contributed by atoms with Crippen molar-refractivity contribution in [3.63, 3.8) is 0 Å². The number of fused-ring (bicyclic) bond motifs is 8. The van der Waals surface area contributed by atoms with E-state index >= 15 is 0 Å². The van der Waals surface area contributed by atoms with E-state index in [9.17, 15) is 4.79 Å². The zero-order valence-corrected chi connectivity index (χ0v) is 18.3. The van der Waals surface area contributed by atoms with Gasteiger partial charge in [0.15, 0.2) is 5.82 Å². The number of aryl methyl sites for hydroxylation is 1. The Morgan fingerprint density at radius 2 is 2.06 bits per heavy atom. The molecule has 5 heterocycles. The Labute approximate surface area is 189 Å². The zero-order chi connectivity index (χ0) is 22.1. The molecular weight excluding hydrogens is 416 g/mol. The van der Waals surface area contributed by atoms with Gasteiger partial charge in [0, 0.05) is 62.1 Å². The number of rotatable bonds is 1. The summed E-state index contributed by atoms with van der Waals surface area (Å²) < 4.78 is 3.88. The molecule has 0 atom stereocenters. The van der Waals surface area contributed by atoms with E-state index in [1.807, 2.05) is 21.3 Å². The molecule has 0 spiro atoms. The highest BCUT2D eigenvalue weighted by molar-refractivity contribution is 5.96. The molecule has 0 aromatic carbocycles. The molecule has 9 nitrogen and oxygen atoms in total. The molecule has 9 heteroatoms. The van der Waals surface area contributed by atoms with E-state index in [4.69, 9.17) is 15.1 Å². The molecule has 7 rings (SSSR count). The second-order valence-corrected chi connectivity index (χ2v) is 8.97. The van der Waals surface area contributed by atoms with E-state index < -0.39 is 0 Å². The SMILES string of the molecule is CN1C(=O)CCCn2cc(c(C3CC3)n2)C2=CCc3ncc(nc32)-c2c1nc1ncccn21. The fourth-order valence-electron chi connectivity index (χ4n) is 4.87. The fraction of sp³-hybridized carbons (Fsp3) is 0.333. The molecular formula is C24H22N8O. The second kappa shape index (κ2) is 6.81. The van der Waals surface area contributed by atoms with Crippen molar-refractivity contribution < 1.29 is 4.79 Å². The minimum Gasteiger partial charge on any atom is -0.298 e. The van der Waals surface area contributed by atoms with Gasteiger partial charge >= 0.3 is 0 Å². The average molecular weight is 438 g/mol. The molecule has 0 radical (unpaired) electrons. The molecule has 0 N–H and O–H groups in total. The highest BCUT2D eigenvalue weighted by atomic mass is 16.2. The molecule has 0 saturated heterocycles. The number of amides is 1. The predicted molar refractivity (Wildman–Crippen MR) is 122 cm³/mol. The van der Waals surface area contributed by atoms with E-state index in [0.717, 1.165) is 40.3 Å². The van der Waals surface area contributed by atoms with Crippen LogP contribution in [0, 0.1) is 0 Å². The molecule has 1 fully saturated rings. The summed E-state index contributed by atoms with van der Waals surface area (Å²) in [5.74, 6) is 1.59. The van der Waals surface area contributed by atoms with Crippen LogP contribution in [-0.2, 0) is 17.8 Å². The van der Waals surface area contributed by atoms with Gasteiger partial charge in [0.25, 0.3) is 0 Å². The predicted octanol–water partition coefficient (Wildman–Crippen LogP) is 3.00. The molecule has 164 valence electrons. The van der Waals surface area contributed by atoms with Crippen LogP contribution in [0.1, 0.15) is 54.2 Å². The maximum absolute atomic E-state index is 13.1. The molecule has 4 aromatic heterocycles. The summed E-state index contributed by atoms with van der Waals surface area (Å²) in [4.78, 5) is 33.6. The minimum atomic E-state index is 0.00113. The van der Waals surface area contributed by atoms with Gasteiger partial charge in [-0.15, -0.1) is 0 Å². The maximum atomic E-state index is 13.1. The van der Waals surface area contributed by atoms with E-state index in [-0.39, 0.29) is 5.91 Å². The first kappa shape index (κ1) is 18.7. The van der Waals surface area contributed by atoms with Crippen LogP contribution < -0.4 is 4.90 Å². The summed E-state index contributed by atoms with van der Waals surface area (Å²) in [6, 6.07) is 1.85. The lowest BCUT2D eigenvalue weighted by Gasteiger charge is -2.17. The summed E-state index contributed by atoms with van der Waals surface area (Å²) in [6.07, 6.45) is 14.0. The first-order valence-electron chi connectivity index (χ1n) is 11.4. The van der Waals surface area contributed by atoms with Crippen molar-refractivity contribution in [1.82, 2.24) is 34.1 Å². The molecule has 33 heavy (non-hydrogen) atoms. The Bertz CT molecular complexity index is 1480. The molecule has 3 aliphatic rings. The van der Waals surface area contributed by atoms with Crippen molar-refractivity contribution in [1.29, 1.82) is 0 Å². The van der Waals surface area contributed by atoms with Gasteiger partial charge in [0.1, 0.15) is 11.4 Å². The standard InChI is InChI=1S/C24H22N8O/c1-30-19(33)4-2-10-31-13-16(20(29-31)14-5-6-14)15-7-8-17-21(15)27-18(12-26-17)22-23(30)28-24-25-9-3-11-32(22)24/h3,7,9,11-14H,2,4-6,8,10H2,1H3. The first-order chi connectivity index (χ1) is 16.2. The summed E-state index contributed by atoms with van der Waals surface area (Å²) in [7, 11) is 1.77. The van der Waals surface area contributed by atoms with Crippen LogP contribution in [0.25, 0.3) is 22.7 Å².